The van der Waals surface area contributed by atoms with Crippen LogP contribution in [0, 0.1) is 0 Å². The highest BCUT2D eigenvalue weighted by Crippen LogP contribution is 2.24. The van der Waals surface area contributed by atoms with Gasteiger partial charge in [0.05, 0.1) is 19.1 Å². The Morgan fingerprint density at radius 1 is 1.24 bits per heavy atom. The molecule has 17 heavy (non-hydrogen) atoms. The van der Waals surface area contributed by atoms with Crippen molar-refractivity contribution in [1.82, 2.24) is 0 Å². The zero-order chi connectivity index (χ0) is 12.9. The SMILES string of the molecule is COc1ccc(C(Cl)COCC(F)(F)F)cc1. The largest absolute Gasteiger partial charge is 0.497 e. The quantitative estimate of drug-likeness (QED) is 0.760. The second-order valence-corrected chi connectivity index (χ2v) is 3.90. The molecule has 0 saturated heterocycles. The van der Waals surface area contributed by atoms with Crippen LogP contribution in [0.2, 0.25) is 0 Å². The monoisotopic (exact) mass is 268 g/mol. The van der Waals surface area contributed by atoms with Gasteiger partial charge in [0.25, 0.3) is 0 Å². The first kappa shape index (κ1) is 14.1. The first-order chi connectivity index (χ1) is 7.92. The lowest BCUT2D eigenvalue weighted by atomic mass is 10.1. The van der Waals surface area contributed by atoms with Gasteiger partial charge in [-0.25, -0.2) is 0 Å². The minimum Gasteiger partial charge on any atom is -0.497 e. The van der Waals surface area contributed by atoms with E-state index in [0.29, 0.717) is 11.3 Å². The van der Waals surface area contributed by atoms with Crippen LogP contribution in [0.3, 0.4) is 0 Å². The maximum atomic E-state index is 11.8. The van der Waals surface area contributed by atoms with Crippen molar-refractivity contribution in [3.63, 3.8) is 0 Å². The van der Waals surface area contributed by atoms with Crippen LogP contribution in [-0.2, 0) is 4.74 Å². The fourth-order valence-corrected chi connectivity index (χ4v) is 1.42. The van der Waals surface area contributed by atoms with Gasteiger partial charge in [0.2, 0.25) is 0 Å². The van der Waals surface area contributed by atoms with Crippen LogP contribution >= 0.6 is 11.6 Å². The molecule has 0 heterocycles. The molecule has 1 aromatic rings. The Balaban J connectivity index is 2.43. The lowest BCUT2D eigenvalue weighted by Crippen LogP contribution is -2.18. The van der Waals surface area contributed by atoms with Crippen LogP contribution in [0.15, 0.2) is 24.3 Å². The highest BCUT2D eigenvalue weighted by Gasteiger charge is 2.27. The minimum absolute atomic E-state index is 0.187. The van der Waals surface area contributed by atoms with Crippen molar-refractivity contribution in [3.8, 4) is 5.75 Å². The third kappa shape index (κ3) is 5.28. The van der Waals surface area contributed by atoms with Gasteiger partial charge >= 0.3 is 6.18 Å². The Morgan fingerprint density at radius 2 is 1.82 bits per heavy atom. The predicted molar refractivity (Wildman–Crippen MR) is 58.5 cm³/mol. The average molecular weight is 269 g/mol. The summed E-state index contributed by atoms with van der Waals surface area (Å²) in [6.45, 7) is -1.47. The number of halogens is 4. The van der Waals surface area contributed by atoms with E-state index in [0.717, 1.165) is 0 Å². The van der Waals surface area contributed by atoms with Gasteiger partial charge in [-0.05, 0) is 17.7 Å². The van der Waals surface area contributed by atoms with Crippen LogP contribution in [0.5, 0.6) is 5.75 Å². The molecule has 0 aliphatic rings. The molecule has 0 aliphatic carbocycles. The van der Waals surface area contributed by atoms with Crippen molar-refractivity contribution in [1.29, 1.82) is 0 Å². The van der Waals surface area contributed by atoms with E-state index in [1.807, 2.05) is 0 Å². The molecule has 0 saturated carbocycles. The van der Waals surface area contributed by atoms with Crippen molar-refractivity contribution in [2.24, 2.45) is 0 Å². The number of alkyl halides is 4. The van der Waals surface area contributed by atoms with Gasteiger partial charge in [-0.1, -0.05) is 12.1 Å². The van der Waals surface area contributed by atoms with E-state index >= 15 is 0 Å². The average Bonchev–Trinajstić information content (AvgIpc) is 2.27. The molecule has 0 N–H and O–H groups in total. The summed E-state index contributed by atoms with van der Waals surface area (Å²) in [5.74, 6) is 0.661. The molecule has 0 aromatic heterocycles. The van der Waals surface area contributed by atoms with Gasteiger partial charge in [-0.3, -0.25) is 0 Å². The molecule has 0 aliphatic heterocycles. The Morgan fingerprint density at radius 3 is 2.29 bits per heavy atom. The summed E-state index contributed by atoms with van der Waals surface area (Å²) in [6.07, 6.45) is -4.32. The summed E-state index contributed by atoms with van der Waals surface area (Å²) in [5, 5.41) is -0.608. The molecule has 0 fully saturated rings. The second-order valence-electron chi connectivity index (χ2n) is 3.37. The molecule has 0 bridgehead atoms. The molecule has 96 valence electrons. The number of methoxy groups -OCH3 is 1. The molecule has 1 aromatic carbocycles. The van der Waals surface area contributed by atoms with Crippen molar-refractivity contribution >= 4 is 11.6 Å². The van der Waals surface area contributed by atoms with E-state index in [4.69, 9.17) is 16.3 Å². The van der Waals surface area contributed by atoms with E-state index in [1.165, 1.54) is 7.11 Å². The van der Waals surface area contributed by atoms with Crippen LogP contribution in [0.1, 0.15) is 10.9 Å². The fraction of sp³-hybridized carbons (Fsp3) is 0.455. The maximum Gasteiger partial charge on any atom is 0.411 e. The van der Waals surface area contributed by atoms with Gasteiger partial charge in [0, 0.05) is 0 Å². The third-order valence-corrected chi connectivity index (χ3v) is 2.39. The predicted octanol–water partition coefficient (Wildman–Crippen LogP) is 3.55. The van der Waals surface area contributed by atoms with E-state index < -0.39 is 18.2 Å². The van der Waals surface area contributed by atoms with Gasteiger partial charge in [0.1, 0.15) is 12.4 Å². The van der Waals surface area contributed by atoms with E-state index in [1.54, 1.807) is 24.3 Å². The lowest BCUT2D eigenvalue weighted by Gasteiger charge is -2.12. The molecule has 1 unspecified atom stereocenters. The normalized spacial score (nSPS) is 13.5. The van der Waals surface area contributed by atoms with Gasteiger partial charge in [-0.15, -0.1) is 11.6 Å². The lowest BCUT2D eigenvalue weighted by molar-refractivity contribution is -0.173. The topological polar surface area (TPSA) is 18.5 Å². The molecule has 1 rings (SSSR count). The highest BCUT2D eigenvalue weighted by atomic mass is 35.5. The molecular weight excluding hydrogens is 257 g/mol. The van der Waals surface area contributed by atoms with Crippen molar-refractivity contribution < 1.29 is 22.6 Å². The van der Waals surface area contributed by atoms with Crippen LogP contribution in [0.25, 0.3) is 0 Å². The highest BCUT2D eigenvalue weighted by molar-refractivity contribution is 6.20. The zero-order valence-electron chi connectivity index (χ0n) is 9.13. The third-order valence-electron chi connectivity index (χ3n) is 2.01. The molecule has 0 radical (unpaired) electrons. The van der Waals surface area contributed by atoms with Crippen molar-refractivity contribution in [3.05, 3.63) is 29.8 Å². The summed E-state index contributed by atoms with van der Waals surface area (Å²) < 4.78 is 44.9. The number of rotatable bonds is 5. The molecule has 0 amide bonds. The first-order valence-electron chi connectivity index (χ1n) is 4.85. The smallest absolute Gasteiger partial charge is 0.411 e. The number of benzene rings is 1. The van der Waals surface area contributed by atoms with Crippen LogP contribution in [0.4, 0.5) is 13.2 Å². The van der Waals surface area contributed by atoms with Gasteiger partial charge in [-0.2, -0.15) is 13.2 Å². The molecule has 2 nitrogen and oxygen atoms in total. The van der Waals surface area contributed by atoms with Gasteiger partial charge in [0.15, 0.2) is 0 Å². The maximum absolute atomic E-state index is 11.8. The molecule has 6 heteroatoms. The minimum atomic E-state index is -4.32. The van der Waals surface area contributed by atoms with Crippen LogP contribution in [-0.4, -0.2) is 26.5 Å². The van der Waals surface area contributed by atoms with E-state index in [2.05, 4.69) is 4.74 Å². The van der Waals surface area contributed by atoms with E-state index in [9.17, 15) is 13.2 Å². The zero-order valence-corrected chi connectivity index (χ0v) is 9.89. The first-order valence-corrected chi connectivity index (χ1v) is 5.28. The summed E-state index contributed by atoms with van der Waals surface area (Å²) in [6, 6.07) is 6.75. The summed E-state index contributed by atoms with van der Waals surface area (Å²) in [4.78, 5) is 0. The van der Waals surface area contributed by atoms with Crippen molar-refractivity contribution in [2.45, 2.75) is 11.6 Å². The fourth-order valence-electron chi connectivity index (χ4n) is 1.19. The second kappa shape index (κ2) is 6.12. The molecule has 1 atom stereocenters. The summed E-state index contributed by atoms with van der Waals surface area (Å²) >= 11 is 5.90. The van der Waals surface area contributed by atoms with Gasteiger partial charge < -0.3 is 9.47 Å². The van der Waals surface area contributed by atoms with Crippen molar-refractivity contribution in [2.75, 3.05) is 20.3 Å². The number of hydrogen-bond donors (Lipinski definition) is 0. The Labute approximate surface area is 102 Å². The number of hydrogen-bond acceptors (Lipinski definition) is 2. The molecule has 0 spiro atoms. The van der Waals surface area contributed by atoms with Crippen LogP contribution < -0.4 is 4.74 Å². The van der Waals surface area contributed by atoms with E-state index in [-0.39, 0.29) is 6.61 Å². The number of ether oxygens (including phenoxy) is 2. The summed E-state index contributed by atoms with van der Waals surface area (Å²) in [7, 11) is 1.53. The Hall–Kier alpha value is -0.940. The summed E-state index contributed by atoms with van der Waals surface area (Å²) in [5.41, 5.74) is 0.689. The Kier molecular flexibility index (Phi) is 5.08. The standard InChI is InChI=1S/C11H12ClF3O2/c1-16-9-4-2-8(3-5-9)10(12)6-17-7-11(13,14)15/h2-5,10H,6-7H2,1H3. The Bertz CT molecular complexity index is 338. The molecular formula is C11H12ClF3O2.